The summed E-state index contributed by atoms with van der Waals surface area (Å²) in [6, 6.07) is 9.21. The number of ether oxygens (including phenoxy) is 2. The first-order valence-electron chi connectivity index (χ1n) is 8.01. The van der Waals surface area contributed by atoms with Gasteiger partial charge < -0.3 is 9.47 Å². The number of rotatable bonds is 7. The first-order chi connectivity index (χ1) is 13.0. The molecular weight excluding hydrogens is 354 g/mol. The Bertz CT molecular complexity index is 930. The molecule has 0 aliphatic rings. The van der Waals surface area contributed by atoms with E-state index in [1.807, 2.05) is 30.3 Å². The van der Waals surface area contributed by atoms with Crippen molar-refractivity contribution < 1.29 is 19.1 Å². The highest BCUT2D eigenvalue weighted by molar-refractivity contribution is 5.69. The summed E-state index contributed by atoms with van der Waals surface area (Å²) >= 11 is 0. The molecule has 1 amide bonds. The molecule has 0 fully saturated rings. The van der Waals surface area contributed by atoms with Crippen molar-refractivity contribution in [2.45, 2.75) is 19.6 Å². The summed E-state index contributed by atoms with van der Waals surface area (Å²) < 4.78 is 10.6. The van der Waals surface area contributed by atoms with Gasteiger partial charge >= 0.3 is 17.8 Å². The van der Waals surface area contributed by atoms with E-state index >= 15 is 0 Å². The Labute approximate surface area is 154 Å². The van der Waals surface area contributed by atoms with Crippen molar-refractivity contribution >= 4 is 12.1 Å². The van der Waals surface area contributed by atoms with Crippen molar-refractivity contribution in [3.63, 3.8) is 0 Å². The number of amides is 1. The molecule has 1 heterocycles. The molecule has 2 N–H and O–H groups in total. The maximum atomic E-state index is 11.8. The van der Waals surface area contributed by atoms with Crippen molar-refractivity contribution in [1.82, 2.24) is 14.9 Å². The predicted octanol–water partition coefficient (Wildman–Crippen LogP) is 0.692. The zero-order valence-corrected chi connectivity index (χ0v) is 14.6. The normalized spacial score (nSPS) is 10.6. The van der Waals surface area contributed by atoms with Gasteiger partial charge in [-0.25, -0.2) is 9.59 Å². The molecule has 0 spiro atoms. The van der Waals surface area contributed by atoms with Crippen molar-refractivity contribution in [3.05, 3.63) is 80.8 Å². The van der Waals surface area contributed by atoms with Crippen LogP contribution >= 0.6 is 0 Å². The lowest BCUT2D eigenvalue weighted by atomic mass is 10.2. The fraction of sp³-hybridized carbons (Fsp3) is 0.222. The molecule has 2 aromatic rings. The summed E-state index contributed by atoms with van der Waals surface area (Å²) in [5.74, 6) is -0.617. The van der Waals surface area contributed by atoms with Crippen LogP contribution in [0.1, 0.15) is 11.1 Å². The van der Waals surface area contributed by atoms with Crippen LogP contribution in [0.2, 0.25) is 0 Å². The number of hydrogen-bond acceptors (Lipinski definition) is 6. The Hall–Kier alpha value is -3.62. The Morgan fingerprint density at radius 1 is 1.22 bits per heavy atom. The molecule has 0 radical (unpaired) electrons. The van der Waals surface area contributed by atoms with E-state index in [2.05, 4.69) is 15.0 Å². The second kappa shape index (κ2) is 9.76. The Balaban J connectivity index is 1.88. The molecule has 0 bridgehead atoms. The van der Waals surface area contributed by atoms with Crippen LogP contribution < -0.4 is 16.6 Å². The van der Waals surface area contributed by atoms with Gasteiger partial charge in [0.15, 0.2) is 0 Å². The van der Waals surface area contributed by atoms with Crippen molar-refractivity contribution in [1.29, 1.82) is 0 Å². The maximum Gasteiger partial charge on any atom is 0.411 e. The number of aromatic nitrogens is 2. The fourth-order valence-electron chi connectivity index (χ4n) is 2.10. The SMILES string of the molecule is COC(=O)Cn1cc(CC=CNC(=O)OCc2ccccc2)c(=O)[nH]c1=O. The van der Waals surface area contributed by atoms with Gasteiger partial charge in [-0.15, -0.1) is 0 Å². The molecule has 0 saturated heterocycles. The third kappa shape index (κ3) is 6.31. The van der Waals surface area contributed by atoms with Gasteiger partial charge in [-0.2, -0.15) is 0 Å². The number of carbonyl (C=O) groups excluding carboxylic acids is 2. The van der Waals surface area contributed by atoms with E-state index in [1.165, 1.54) is 25.6 Å². The first-order valence-corrected chi connectivity index (χ1v) is 8.01. The van der Waals surface area contributed by atoms with Crippen LogP contribution in [0.4, 0.5) is 4.79 Å². The van der Waals surface area contributed by atoms with E-state index in [0.717, 1.165) is 10.1 Å². The van der Waals surface area contributed by atoms with Crippen LogP contribution in [0.25, 0.3) is 0 Å². The van der Waals surface area contributed by atoms with E-state index in [1.54, 1.807) is 0 Å². The molecule has 0 unspecified atom stereocenters. The van der Waals surface area contributed by atoms with Gasteiger partial charge in [-0.3, -0.25) is 24.5 Å². The molecule has 0 aliphatic heterocycles. The van der Waals surface area contributed by atoms with E-state index < -0.39 is 23.3 Å². The summed E-state index contributed by atoms with van der Waals surface area (Å²) in [7, 11) is 1.20. The number of alkyl carbamates (subject to hydrolysis) is 1. The third-order valence-electron chi connectivity index (χ3n) is 3.48. The molecule has 2 rings (SSSR count). The minimum Gasteiger partial charge on any atom is -0.468 e. The van der Waals surface area contributed by atoms with Crippen molar-refractivity contribution in [2.75, 3.05) is 7.11 Å². The second-order valence-electron chi connectivity index (χ2n) is 5.43. The number of allylic oxidation sites excluding steroid dienone is 1. The average molecular weight is 373 g/mol. The van der Waals surface area contributed by atoms with Gasteiger partial charge in [0.1, 0.15) is 13.2 Å². The molecule has 0 atom stereocenters. The molecule has 0 saturated carbocycles. The monoisotopic (exact) mass is 373 g/mol. The Morgan fingerprint density at radius 3 is 2.67 bits per heavy atom. The number of aromatic amines is 1. The number of esters is 1. The number of H-pyrrole nitrogens is 1. The zero-order chi connectivity index (χ0) is 19.6. The molecule has 142 valence electrons. The predicted molar refractivity (Wildman–Crippen MR) is 95.9 cm³/mol. The largest absolute Gasteiger partial charge is 0.468 e. The lowest BCUT2D eigenvalue weighted by molar-refractivity contribution is -0.141. The van der Waals surface area contributed by atoms with Gasteiger partial charge in [0, 0.05) is 18.0 Å². The van der Waals surface area contributed by atoms with Crippen LogP contribution in [-0.2, 0) is 33.8 Å². The van der Waals surface area contributed by atoms with Crippen molar-refractivity contribution in [2.24, 2.45) is 0 Å². The molecule has 0 aliphatic carbocycles. The maximum absolute atomic E-state index is 11.8. The average Bonchev–Trinajstić information content (AvgIpc) is 2.67. The lowest BCUT2D eigenvalue weighted by Gasteiger charge is -2.05. The van der Waals surface area contributed by atoms with Crippen molar-refractivity contribution in [3.8, 4) is 0 Å². The third-order valence-corrected chi connectivity index (χ3v) is 3.48. The van der Waals surface area contributed by atoms with Crippen LogP contribution in [0, 0.1) is 0 Å². The molecule has 1 aromatic heterocycles. The fourth-order valence-corrected chi connectivity index (χ4v) is 2.10. The van der Waals surface area contributed by atoms with Gasteiger partial charge in [0.05, 0.1) is 7.11 Å². The molecular formula is C18H19N3O6. The summed E-state index contributed by atoms with van der Waals surface area (Å²) in [6.45, 7) is -0.175. The Kier molecular flexibility index (Phi) is 7.12. The number of benzene rings is 1. The van der Waals surface area contributed by atoms with Gasteiger partial charge in [-0.1, -0.05) is 36.4 Å². The number of hydrogen-bond donors (Lipinski definition) is 2. The molecule has 9 heteroatoms. The highest BCUT2D eigenvalue weighted by Crippen LogP contribution is 2.00. The zero-order valence-electron chi connectivity index (χ0n) is 14.6. The Morgan fingerprint density at radius 2 is 1.96 bits per heavy atom. The van der Waals surface area contributed by atoms with E-state index in [0.29, 0.717) is 0 Å². The second-order valence-corrected chi connectivity index (χ2v) is 5.43. The number of nitrogens with zero attached hydrogens (tertiary/aromatic N) is 1. The van der Waals surface area contributed by atoms with Crippen LogP contribution in [0.5, 0.6) is 0 Å². The van der Waals surface area contributed by atoms with E-state index in [-0.39, 0.29) is 25.1 Å². The quantitative estimate of drug-likeness (QED) is 0.689. The smallest absolute Gasteiger partial charge is 0.411 e. The van der Waals surface area contributed by atoms with E-state index in [4.69, 9.17) is 4.74 Å². The number of carbonyl (C=O) groups is 2. The standard InChI is InChI=1S/C18H19N3O6/c1-26-15(22)11-21-10-14(16(23)20-17(21)24)8-5-9-19-18(25)27-12-13-6-3-2-4-7-13/h2-7,9-10H,8,11-12H2,1H3,(H,19,25)(H,20,23,24). The topological polar surface area (TPSA) is 119 Å². The number of nitrogens with one attached hydrogen (secondary N) is 2. The van der Waals surface area contributed by atoms with Crippen LogP contribution in [0.15, 0.2) is 58.4 Å². The minimum absolute atomic E-state index is 0.135. The molecule has 1 aromatic carbocycles. The summed E-state index contributed by atoms with van der Waals surface area (Å²) in [4.78, 5) is 48.5. The lowest BCUT2D eigenvalue weighted by Crippen LogP contribution is -2.33. The summed E-state index contributed by atoms with van der Waals surface area (Å²) in [5, 5.41) is 2.41. The van der Waals surface area contributed by atoms with Gasteiger partial charge in [0.2, 0.25) is 0 Å². The first kappa shape index (κ1) is 19.7. The van der Waals surface area contributed by atoms with Gasteiger partial charge in [-0.05, 0) is 12.0 Å². The van der Waals surface area contributed by atoms with Crippen LogP contribution in [-0.4, -0.2) is 28.7 Å². The molecule has 9 nitrogen and oxygen atoms in total. The van der Waals surface area contributed by atoms with E-state index in [9.17, 15) is 19.2 Å². The summed E-state index contributed by atoms with van der Waals surface area (Å²) in [6.07, 6.45) is 3.62. The minimum atomic E-state index is -0.708. The highest BCUT2D eigenvalue weighted by atomic mass is 16.5. The number of methoxy groups -OCH3 is 1. The van der Waals surface area contributed by atoms with Crippen LogP contribution in [0.3, 0.4) is 0 Å². The highest BCUT2D eigenvalue weighted by Gasteiger charge is 2.08. The molecule has 27 heavy (non-hydrogen) atoms. The van der Waals surface area contributed by atoms with Gasteiger partial charge in [0.25, 0.3) is 5.56 Å². The summed E-state index contributed by atoms with van der Waals surface area (Å²) in [5.41, 5.74) is -0.177.